The summed E-state index contributed by atoms with van der Waals surface area (Å²) >= 11 is 0. The third kappa shape index (κ3) is 3.01. The minimum atomic E-state index is -1.25. The van der Waals surface area contributed by atoms with Crippen molar-refractivity contribution in [2.45, 2.75) is 19.9 Å². The Bertz CT molecular complexity index is 426. The third-order valence-corrected chi connectivity index (χ3v) is 2.45. The zero-order chi connectivity index (χ0) is 13.9. The number of hydrogen-bond acceptors (Lipinski definition) is 2. The lowest BCUT2D eigenvalue weighted by atomic mass is 10.1. The van der Waals surface area contributed by atoms with Crippen LogP contribution in [0.25, 0.3) is 0 Å². The first kappa shape index (κ1) is 14.5. The van der Waals surface area contributed by atoms with Gasteiger partial charge in [-0.3, -0.25) is 4.79 Å². The van der Waals surface area contributed by atoms with Crippen molar-refractivity contribution in [3.8, 4) is 0 Å². The molecule has 0 spiro atoms. The van der Waals surface area contributed by atoms with E-state index in [9.17, 15) is 18.0 Å². The summed E-state index contributed by atoms with van der Waals surface area (Å²) in [6.07, 6.45) is 0. The Morgan fingerprint density at radius 1 is 1.28 bits per heavy atom. The molecule has 1 rings (SSSR count). The average Bonchev–Trinajstić information content (AvgIpc) is 2.23. The van der Waals surface area contributed by atoms with E-state index >= 15 is 0 Å². The maximum atomic E-state index is 13.4. The standard InChI is InChI=1S/C12H14F3NO2/c1-7(2)16(3-4-17)12(18)11-9(14)5-8(13)6-10(11)15/h5-7,17H,3-4H2,1-2H3. The Labute approximate surface area is 103 Å². The smallest absolute Gasteiger partial charge is 0.260 e. The molecular weight excluding hydrogens is 247 g/mol. The van der Waals surface area contributed by atoms with Crippen molar-refractivity contribution in [2.24, 2.45) is 0 Å². The monoisotopic (exact) mass is 261 g/mol. The quantitative estimate of drug-likeness (QED) is 0.900. The summed E-state index contributed by atoms with van der Waals surface area (Å²) in [5, 5.41) is 8.82. The number of rotatable bonds is 4. The molecule has 3 nitrogen and oxygen atoms in total. The highest BCUT2D eigenvalue weighted by Gasteiger charge is 2.25. The molecule has 0 fully saturated rings. The van der Waals surface area contributed by atoms with E-state index < -0.39 is 28.9 Å². The highest BCUT2D eigenvalue weighted by molar-refractivity contribution is 5.95. The zero-order valence-corrected chi connectivity index (χ0v) is 10.1. The van der Waals surface area contributed by atoms with Crippen LogP contribution < -0.4 is 0 Å². The van der Waals surface area contributed by atoms with Crippen LogP contribution in [-0.4, -0.2) is 35.1 Å². The molecule has 0 aromatic heterocycles. The van der Waals surface area contributed by atoms with E-state index in [4.69, 9.17) is 5.11 Å². The number of aliphatic hydroxyl groups excluding tert-OH is 1. The molecule has 0 bridgehead atoms. The van der Waals surface area contributed by atoms with Crippen LogP contribution in [0.2, 0.25) is 0 Å². The van der Waals surface area contributed by atoms with E-state index in [0.29, 0.717) is 12.1 Å². The number of carbonyl (C=O) groups is 1. The van der Waals surface area contributed by atoms with Gasteiger partial charge in [-0.1, -0.05) is 0 Å². The molecule has 1 N–H and O–H groups in total. The van der Waals surface area contributed by atoms with Gasteiger partial charge in [-0.15, -0.1) is 0 Å². The van der Waals surface area contributed by atoms with Crippen LogP contribution in [0.4, 0.5) is 13.2 Å². The number of carbonyl (C=O) groups excluding carboxylic acids is 1. The molecular formula is C12H14F3NO2. The Kier molecular flexibility index (Phi) is 4.72. The molecule has 0 heterocycles. The lowest BCUT2D eigenvalue weighted by Crippen LogP contribution is -2.39. The minimum Gasteiger partial charge on any atom is -0.395 e. The van der Waals surface area contributed by atoms with Gasteiger partial charge < -0.3 is 10.0 Å². The van der Waals surface area contributed by atoms with Gasteiger partial charge in [-0.2, -0.15) is 0 Å². The molecule has 0 atom stereocenters. The third-order valence-electron chi connectivity index (χ3n) is 2.45. The average molecular weight is 261 g/mol. The highest BCUT2D eigenvalue weighted by Crippen LogP contribution is 2.18. The molecule has 1 amide bonds. The number of halogens is 3. The summed E-state index contributed by atoms with van der Waals surface area (Å²) in [5.74, 6) is -4.49. The van der Waals surface area contributed by atoms with Crippen molar-refractivity contribution in [1.29, 1.82) is 0 Å². The van der Waals surface area contributed by atoms with Gasteiger partial charge in [0.1, 0.15) is 23.0 Å². The second-order valence-electron chi connectivity index (χ2n) is 4.06. The van der Waals surface area contributed by atoms with Gasteiger partial charge >= 0.3 is 0 Å². The summed E-state index contributed by atoms with van der Waals surface area (Å²) in [7, 11) is 0. The van der Waals surface area contributed by atoms with Gasteiger partial charge in [0.15, 0.2) is 0 Å². The van der Waals surface area contributed by atoms with Gasteiger partial charge in [0.25, 0.3) is 5.91 Å². The first-order valence-electron chi connectivity index (χ1n) is 5.44. The van der Waals surface area contributed by atoms with Gasteiger partial charge in [-0.25, -0.2) is 13.2 Å². The van der Waals surface area contributed by atoms with E-state index in [-0.39, 0.29) is 19.2 Å². The van der Waals surface area contributed by atoms with Crippen molar-refractivity contribution in [3.63, 3.8) is 0 Å². The molecule has 0 aliphatic carbocycles. The first-order valence-corrected chi connectivity index (χ1v) is 5.44. The second kappa shape index (κ2) is 5.86. The maximum absolute atomic E-state index is 13.4. The van der Waals surface area contributed by atoms with Crippen LogP contribution >= 0.6 is 0 Å². The summed E-state index contributed by atoms with van der Waals surface area (Å²) in [6.45, 7) is 2.92. The number of benzene rings is 1. The fourth-order valence-electron chi connectivity index (χ4n) is 1.59. The van der Waals surface area contributed by atoms with Gasteiger partial charge in [0, 0.05) is 24.7 Å². The normalized spacial score (nSPS) is 10.8. The van der Waals surface area contributed by atoms with Crippen LogP contribution in [0.3, 0.4) is 0 Å². The molecule has 0 unspecified atom stereocenters. The van der Waals surface area contributed by atoms with Crippen molar-refractivity contribution in [3.05, 3.63) is 35.1 Å². The lowest BCUT2D eigenvalue weighted by molar-refractivity contribution is 0.0655. The number of hydrogen-bond donors (Lipinski definition) is 1. The largest absolute Gasteiger partial charge is 0.395 e. The summed E-state index contributed by atoms with van der Waals surface area (Å²) in [6, 6.07) is 0.565. The van der Waals surface area contributed by atoms with Crippen molar-refractivity contribution in [1.82, 2.24) is 4.90 Å². The zero-order valence-electron chi connectivity index (χ0n) is 10.1. The molecule has 1 aromatic rings. The van der Waals surface area contributed by atoms with E-state index in [1.54, 1.807) is 13.8 Å². The van der Waals surface area contributed by atoms with Gasteiger partial charge in [0.2, 0.25) is 0 Å². The second-order valence-corrected chi connectivity index (χ2v) is 4.06. The maximum Gasteiger partial charge on any atom is 0.260 e. The Hall–Kier alpha value is -1.56. The fourth-order valence-corrected chi connectivity index (χ4v) is 1.59. The fraction of sp³-hybridized carbons (Fsp3) is 0.417. The Balaban J connectivity index is 3.16. The SMILES string of the molecule is CC(C)N(CCO)C(=O)c1c(F)cc(F)cc1F. The molecule has 100 valence electrons. The van der Waals surface area contributed by atoms with Crippen LogP contribution in [0, 0.1) is 17.5 Å². The predicted molar refractivity (Wildman–Crippen MR) is 59.6 cm³/mol. The molecule has 0 saturated carbocycles. The molecule has 0 saturated heterocycles. The molecule has 0 radical (unpaired) electrons. The molecule has 18 heavy (non-hydrogen) atoms. The summed E-state index contributed by atoms with van der Waals surface area (Å²) < 4.78 is 39.6. The predicted octanol–water partition coefficient (Wildman–Crippen LogP) is 1.95. The highest BCUT2D eigenvalue weighted by atomic mass is 19.1. The van der Waals surface area contributed by atoms with Crippen molar-refractivity contribution >= 4 is 5.91 Å². The van der Waals surface area contributed by atoms with Crippen LogP contribution in [0.15, 0.2) is 12.1 Å². The Morgan fingerprint density at radius 3 is 2.17 bits per heavy atom. The van der Waals surface area contributed by atoms with E-state index in [1.165, 1.54) is 0 Å². The van der Waals surface area contributed by atoms with Crippen LogP contribution in [-0.2, 0) is 0 Å². The molecule has 1 aromatic carbocycles. The topological polar surface area (TPSA) is 40.5 Å². The van der Waals surface area contributed by atoms with E-state index in [2.05, 4.69) is 0 Å². The van der Waals surface area contributed by atoms with Crippen LogP contribution in [0.5, 0.6) is 0 Å². The lowest BCUT2D eigenvalue weighted by Gasteiger charge is -2.26. The number of aliphatic hydroxyl groups is 1. The summed E-state index contributed by atoms with van der Waals surface area (Å²) in [5.41, 5.74) is -0.807. The molecule has 6 heteroatoms. The minimum absolute atomic E-state index is 0.0489. The van der Waals surface area contributed by atoms with Gasteiger partial charge in [0.05, 0.1) is 6.61 Å². The molecule has 0 aliphatic rings. The van der Waals surface area contributed by atoms with Crippen molar-refractivity contribution in [2.75, 3.05) is 13.2 Å². The Morgan fingerprint density at radius 2 is 1.78 bits per heavy atom. The number of nitrogens with zero attached hydrogens (tertiary/aromatic N) is 1. The summed E-state index contributed by atoms with van der Waals surface area (Å²) in [4.78, 5) is 13.1. The first-order chi connectivity index (χ1) is 8.38. The van der Waals surface area contributed by atoms with Crippen molar-refractivity contribution < 1.29 is 23.1 Å². The molecule has 0 aliphatic heterocycles. The van der Waals surface area contributed by atoms with Gasteiger partial charge in [-0.05, 0) is 13.8 Å². The van der Waals surface area contributed by atoms with Crippen LogP contribution in [0.1, 0.15) is 24.2 Å². The van der Waals surface area contributed by atoms with E-state index in [0.717, 1.165) is 4.90 Å². The number of amides is 1. The van der Waals surface area contributed by atoms with E-state index in [1.807, 2.05) is 0 Å².